The van der Waals surface area contributed by atoms with Gasteiger partial charge in [-0.3, -0.25) is 19.2 Å². The number of imide groups is 2. The van der Waals surface area contributed by atoms with Gasteiger partial charge in [-0.05, 0) is 29.3 Å². The zero-order chi connectivity index (χ0) is 26.7. The van der Waals surface area contributed by atoms with Gasteiger partial charge < -0.3 is 9.47 Å². The van der Waals surface area contributed by atoms with E-state index in [1.807, 2.05) is 19.9 Å². The summed E-state index contributed by atoms with van der Waals surface area (Å²) in [6.45, 7) is 11.5. The third-order valence-electron chi connectivity index (χ3n) is 6.15. The van der Waals surface area contributed by atoms with Crippen LogP contribution in [-0.4, -0.2) is 36.8 Å². The molecule has 0 N–H and O–H groups in total. The SMILES string of the molecule is C=CCOc1cc(C(C)(C)c2cccc(OCC=C)c2N2C(=O)C=CC2=O)ccc1N1C(=O)C=CC1=O. The molecule has 0 bridgehead atoms. The third-order valence-corrected chi connectivity index (χ3v) is 6.15. The van der Waals surface area contributed by atoms with Crippen LogP contribution in [0, 0.1) is 0 Å². The van der Waals surface area contributed by atoms with Crippen molar-refractivity contribution >= 4 is 35.0 Å². The fourth-order valence-electron chi connectivity index (χ4n) is 4.29. The number of carbonyl (C=O) groups is 4. The van der Waals surface area contributed by atoms with Crippen LogP contribution in [0.4, 0.5) is 11.4 Å². The second-order valence-electron chi connectivity index (χ2n) is 8.85. The first-order valence-corrected chi connectivity index (χ1v) is 11.6. The first-order chi connectivity index (χ1) is 17.7. The van der Waals surface area contributed by atoms with Gasteiger partial charge in [0.1, 0.15) is 24.7 Å². The van der Waals surface area contributed by atoms with Crippen LogP contribution >= 0.6 is 0 Å². The zero-order valence-electron chi connectivity index (χ0n) is 20.6. The van der Waals surface area contributed by atoms with Crippen LogP contribution in [-0.2, 0) is 24.6 Å². The van der Waals surface area contributed by atoms with Gasteiger partial charge in [-0.1, -0.05) is 57.4 Å². The first-order valence-electron chi connectivity index (χ1n) is 11.6. The number of hydrogen-bond donors (Lipinski definition) is 0. The van der Waals surface area contributed by atoms with Crippen molar-refractivity contribution in [1.82, 2.24) is 0 Å². The van der Waals surface area contributed by atoms with Crippen LogP contribution < -0.4 is 19.3 Å². The summed E-state index contributed by atoms with van der Waals surface area (Å²) >= 11 is 0. The molecule has 188 valence electrons. The smallest absolute Gasteiger partial charge is 0.258 e. The van der Waals surface area contributed by atoms with Gasteiger partial charge in [0.05, 0.1) is 11.4 Å². The molecule has 0 saturated heterocycles. The van der Waals surface area contributed by atoms with Crippen molar-refractivity contribution in [3.63, 3.8) is 0 Å². The Labute approximate surface area is 214 Å². The van der Waals surface area contributed by atoms with Crippen LogP contribution in [0.3, 0.4) is 0 Å². The number of amides is 4. The molecule has 2 heterocycles. The van der Waals surface area contributed by atoms with Gasteiger partial charge in [-0.2, -0.15) is 0 Å². The summed E-state index contributed by atoms with van der Waals surface area (Å²) in [6, 6.07) is 10.5. The topological polar surface area (TPSA) is 93.2 Å². The summed E-state index contributed by atoms with van der Waals surface area (Å²) in [5, 5.41) is 0. The molecule has 0 radical (unpaired) electrons. The van der Waals surface area contributed by atoms with Gasteiger partial charge in [-0.15, -0.1) is 0 Å². The lowest BCUT2D eigenvalue weighted by Crippen LogP contribution is -2.34. The van der Waals surface area contributed by atoms with Gasteiger partial charge in [-0.25, -0.2) is 9.80 Å². The molecular formula is C29H26N2O6. The zero-order valence-corrected chi connectivity index (χ0v) is 20.6. The van der Waals surface area contributed by atoms with Crippen LogP contribution in [0.2, 0.25) is 0 Å². The second kappa shape index (κ2) is 10.1. The fraction of sp³-hybridized carbons (Fsp3) is 0.172. The lowest BCUT2D eigenvalue weighted by molar-refractivity contribution is -0.121. The number of hydrogen-bond acceptors (Lipinski definition) is 6. The number of rotatable bonds is 10. The Balaban J connectivity index is 1.86. The molecule has 4 amide bonds. The van der Waals surface area contributed by atoms with E-state index in [1.54, 1.807) is 42.5 Å². The molecule has 8 nitrogen and oxygen atoms in total. The predicted octanol–water partition coefficient (Wildman–Crippen LogP) is 4.00. The highest BCUT2D eigenvalue weighted by Crippen LogP contribution is 2.45. The number of benzene rings is 2. The van der Waals surface area contributed by atoms with Crippen molar-refractivity contribution in [1.29, 1.82) is 0 Å². The van der Waals surface area contributed by atoms with Gasteiger partial charge in [0, 0.05) is 29.7 Å². The minimum absolute atomic E-state index is 0.152. The minimum atomic E-state index is -0.784. The Morgan fingerprint density at radius 1 is 0.757 bits per heavy atom. The van der Waals surface area contributed by atoms with E-state index in [2.05, 4.69) is 13.2 Å². The quantitative estimate of drug-likeness (QED) is 0.363. The highest BCUT2D eigenvalue weighted by atomic mass is 16.5. The maximum atomic E-state index is 12.7. The van der Waals surface area contributed by atoms with Gasteiger partial charge in [0.25, 0.3) is 23.6 Å². The molecule has 0 unspecified atom stereocenters. The van der Waals surface area contributed by atoms with E-state index in [-0.39, 0.29) is 13.2 Å². The fourth-order valence-corrected chi connectivity index (χ4v) is 4.29. The Morgan fingerprint density at radius 2 is 1.30 bits per heavy atom. The maximum absolute atomic E-state index is 12.7. The van der Waals surface area contributed by atoms with Gasteiger partial charge in [0.15, 0.2) is 0 Å². The summed E-state index contributed by atoms with van der Waals surface area (Å²) in [7, 11) is 0. The van der Waals surface area contributed by atoms with Crippen LogP contribution in [0.25, 0.3) is 0 Å². The molecule has 2 aromatic carbocycles. The van der Waals surface area contributed by atoms with E-state index in [0.717, 1.165) is 15.4 Å². The Kier molecular flexibility index (Phi) is 6.93. The van der Waals surface area contributed by atoms with Crippen molar-refractivity contribution in [2.75, 3.05) is 23.0 Å². The van der Waals surface area contributed by atoms with Crippen molar-refractivity contribution in [3.8, 4) is 11.5 Å². The Hall–Kier alpha value is -4.72. The van der Waals surface area contributed by atoms with E-state index < -0.39 is 29.0 Å². The van der Waals surface area contributed by atoms with Gasteiger partial charge >= 0.3 is 0 Å². The number of ether oxygens (including phenoxy) is 2. The maximum Gasteiger partial charge on any atom is 0.258 e. The van der Waals surface area contributed by atoms with E-state index in [9.17, 15) is 19.2 Å². The molecule has 0 atom stereocenters. The van der Waals surface area contributed by atoms with E-state index in [1.165, 1.54) is 24.3 Å². The highest BCUT2D eigenvalue weighted by molar-refractivity contribution is 6.29. The van der Waals surface area contributed by atoms with Gasteiger partial charge in [0.2, 0.25) is 0 Å². The van der Waals surface area contributed by atoms with Crippen molar-refractivity contribution in [3.05, 3.63) is 97.1 Å². The summed E-state index contributed by atoms with van der Waals surface area (Å²) in [6.07, 6.45) is 7.98. The lowest BCUT2D eigenvalue weighted by atomic mass is 9.76. The summed E-state index contributed by atoms with van der Waals surface area (Å²) in [5.74, 6) is -1.20. The first kappa shape index (κ1) is 25.4. The van der Waals surface area contributed by atoms with Crippen molar-refractivity contribution < 1.29 is 28.7 Å². The number of nitrogens with zero attached hydrogens (tertiary/aromatic N) is 2. The monoisotopic (exact) mass is 498 g/mol. The molecule has 2 aliphatic rings. The number of anilines is 2. The van der Waals surface area contributed by atoms with Crippen LogP contribution in [0.5, 0.6) is 11.5 Å². The summed E-state index contributed by atoms with van der Waals surface area (Å²) in [4.78, 5) is 52.2. The molecule has 0 aliphatic carbocycles. The minimum Gasteiger partial charge on any atom is -0.487 e. The normalized spacial score (nSPS) is 15.1. The third kappa shape index (κ3) is 4.61. The Bertz CT molecular complexity index is 1350. The standard InChI is InChI=1S/C29H26N2O6/c1-5-16-36-22-9-7-8-20(28(22)31-26(34)14-15-27(31)35)29(3,4)19-10-11-21(23(18-19)37-17-6-2)30-24(32)12-13-25(30)33/h5-15,18H,1-2,16-17H2,3-4H3. The predicted molar refractivity (Wildman–Crippen MR) is 140 cm³/mol. The molecule has 0 aromatic heterocycles. The Morgan fingerprint density at radius 3 is 1.86 bits per heavy atom. The van der Waals surface area contributed by atoms with E-state index in [4.69, 9.17) is 9.47 Å². The molecule has 0 saturated carbocycles. The average Bonchev–Trinajstić information content (AvgIpc) is 3.40. The number of para-hydroxylation sites is 1. The van der Waals surface area contributed by atoms with Crippen molar-refractivity contribution in [2.24, 2.45) is 0 Å². The highest BCUT2D eigenvalue weighted by Gasteiger charge is 2.37. The van der Waals surface area contributed by atoms with Crippen molar-refractivity contribution in [2.45, 2.75) is 19.3 Å². The molecule has 2 aliphatic heterocycles. The van der Waals surface area contributed by atoms with Crippen LogP contribution in [0.1, 0.15) is 25.0 Å². The largest absolute Gasteiger partial charge is 0.487 e. The molecular weight excluding hydrogens is 472 g/mol. The van der Waals surface area contributed by atoms with Crippen LogP contribution in [0.15, 0.2) is 86.0 Å². The number of carbonyl (C=O) groups excluding carboxylic acids is 4. The molecule has 0 spiro atoms. The summed E-state index contributed by atoms with van der Waals surface area (Å²) < 4.78 is 11.7. The molecule has 37 heavy (non-hydrogen) atoms. The lowest BCUT2D eigenvalue weighted by Gasteiger charge is -2.32. The molecule has 2 aromatic rings. The van der Waals surface area contributed by atoms with E-state index in [0.29, 0.717) is 28.4 Å². The average molecular weight is 499 g/mol. The molecule has 4 rings (SSSR count). The summed E-state index contributed by atoms with van der Waals surface area (Å²) in [5.41, 5.74) is 1.25. The molecule has 0 fully saturated rings. The second-order valence-corrected chi connectivity index (χ2v) is 8.85. The van der Waals surface area contributed by atoms with E-state index >= 15 is 0 Å². The molecule has 8 heteroatoms.